The van der Waals surface area contributed by atoms with Crippen LogP contribution in [0, 0.1) is 3.57 Å². The molecule has 110 valence electrons. The Hall–Kier alpha value is -1.64. The average molecular weight is 423 g/mol. The fourth-order valence-corrected chi connectivity index (χ4v) is 4.74. The molecule has 0 atom stereocenters. The summed E-state index contributed by atoms with van der Waals surface area (Å²) in [7, 11) is -4.28. The monoisotopic (exact) mass is 423 g/mol. The van der Waals surface area contributed by atoms with E-state index in [1.54, 1.807) is 6.07 Å². The molecular formula is C16H10INO3S. The minimum Gasteiger partial charge on any atom is -0.399 e. The van der Waals surface area contributed by atoms with Crippen LogP contribution in [0.2, 0.25) is 0 Å². The van der Waals surface area contributed by atoms with Crippen LogP contribution in [0.15, 0.2) is 47.4 Å². The van der Waals surface area contributed by atoms with Crippen molar-refractivity contribution in [3.63, 3.8) is 0 Å². The summed E-state index contributed by atoms with van der Waals surface area (Å²) < 4.78 is 33.7. The third-order valence-electron chi connectivity index (χ3n) is 3.97. The molecule has 22 heavy (non-hydrogen) atoms. The van der Waals surface area contributed by atoms with Gasteiger partial charge in [-0.2, -0.15) is 8.42 Å². The molecule has 0 aromatic heterocycles. The van der Waals surface area contributed by atoms with Crippen molar-refractivity contribution in [2.75, 3.05) is 5.73 Å². The second-order valence-electron chi connectivity index (χ2n) is 5.24. The third kappa shape index (κ3) is 1.81. The van der Waals surface area contributed by atoms with Crippen LogP contribution in [-0.2, 0) is 10.1 Å². The fourth-order valence-electron chi connectivity index (χ4n) is 3.11. The molecular weight excluding hydrogens is 413 g/mol. The van der Waals surface area contributed by atoms with E-state index in [0.717, 1.165) is 31.2 Å². The zero-order valence-corrected chi connectivity index (χ0v) is 14.1. The molecule has 4 rings (SSSR count). The normalized spacial score (nSPS) is 12.6. The van der Waals surface area contributed by atoms with Crippen LogP contribution < -0.4 is 5.73 Å². The highest BCUT2D eigenvalue weighted by atomic mass is 127. The van der Waals surface area contributed by atoms with Crippen molar-refractivity contribution in [3.05, 3.63) is 46.0 Å². The Morgan fingerprint density at radius 1 is 0.864 bits per heavy atom. The van der Waals surface area contributed by atoms with Crippen LogP contribution in [0.25, 0.3) is 33.0 Å². The lowest BCUT2D eigenvalue weighted by Gasteiger charge is -2.09. The van der Waals surface area contributed by atoms with Gasteiger partial charge >= 0.3 is 0 Å². The highest BCUT2D eigenvalue weighted by Crippen LogP contribution is 2.49. The lowest BCUT2D eigenvalue weighted by molar-refractivity contribution is 0.484. The number of hydrogen-bond acceptors (Lipinski definition) is 3. The van der Waals surface area contributed by atoms with Crippen LogP contribution >= 0.6 is 22.6 Å². The quantitative estimate of drug-likeness (QED) is 0.276. The maximum atomic E-state index is 11.7. The fraction of sp³-hybridized carbons (Fsp3) is 0. The summed E-state index contributed by atoms with van der Waals surface area (Å²) in [5.74, 6) is 0. The van der Waals surface area contributed by atoms with Gasteiger partial charge in [0.25, 0.3) is 10.1 Å². The van der Waals surface area contributed by atoms with Gasteiger partial charge in [0.2, 0.25) is 0 Å². The smallest absolute Gasteiger partial charge is 0.295 e. The predicted octanol–water partition coefficient (Wildman–Crippen LogP) is 3.92. The maximum Gasteiger partial charge on any atom is 0.295 e. The number of hydrogen-bond donors (Lipinski definition) is 2. The van der Waals surface area contributed by atoms with Crippen molar-refractivity contribution >= 4 is 49.2 Å². The Morgan fingerprint density at radius 2 is 1.50 bits per heavy atom. The van der Waals surface area contributed by atoms with Gasteiger partial charge in [-0.15, -0.1) is 0 Å². The molecule has 1 aliphatic rings. The van der Waals surface area contributed by atoms with Gasteiger partial charge < -0.3 is 5.73 Å². The molecule has 6 heteroatoms. The van der Waals surface area contributed by atoms with Gasteiger partial charge in [-0.05, 0) is 74.5 Å². The van der Waals surface area contributed by atoms with Gasteiger partial charge in [-0.1, -0.05) is 18.2 Å². The second kappa shape index (κ2) is 4.43. The van der Waals surface area contributed by atoms with E-state index in [1.807, 2.05) is 30.3 Å². The number of fused-ring (bicyclic) bond motifs is 3. The second-order valence-corrected chi connectivity index (χ2v) is 7.79. The lowest BCUT2D eigenvalue weighted by Crippen LogP contribution is -2.00. The molecule has 0 spiro atoms. The van der Waals surface area contributed by atoms with E-state index >= 15 is 0 Å². The van der Waals surface area contributed by atoms with Crippen molar-refractivity contribution in [2.24, 2.45) is 0 Å². The summed E-state index contributed by atoms with van der Waals surface area (Å²) in [6.07, 6.45) is 0. The third-order valence-corrected chi connectivity index (χ3v) is 5.77. The molecule has 0 fully saturated rings. The molecule has 0 radical (unpaired) electrons. The molecule has 1 aliphatic carbocycles. The van der Waals surface area contributed by atoms with Crippen LogP contribution in [0.4, 0.5) is 5.69 Å². The van der Waals surface area contributed by atoms with Crippen LogP contribution in [0.3, 0.4) is 0 Å². The van der Waals surface area contributed by atoms with Gasteiger partial charge in [0, 0.05) is 14.6 Å². The van der Waals surface area contributed by atoms with Gasteiger partial charge in [-0.25, -0.2) is 0 Å². The topological polar surface area (TPSA) is 80.4 Å². The standard InChI is InChI=1S/C16H10INO3S/c17-13-5-3-10-9-2-1-8(18)7-12(9)11-4-6-14(22(19,20)21)16(13)15(10)11/h1-7H,18H2,(H,19,20,21). The molecule has 3 aromatic carbocycles. The zero-order chi connectivity index (χ0) is 15.6. The number of anilines is 1. The van der Waals surface area contributed by atoms with E-state index in [4.69, 9.17) is 5.73 Å². The van der Waals surface area contributed by atoms with E-state index < -0.39 is 10.1 Å². The minimum absolute atomic E-state index is 0.0571. The zero-order valence-electron chi connectivity index (χ0n) is 11.2. The lowest BCUT2D eigenvalue weighted by atomic mass is 10.0. The van der Waals surface area contributed by atoms with Crippen LogP contribution in [0.1, 0.15) is 0 Å². The molecule has 0 heterocycles. The van der Waals surface area contributed by atoms with E-state index in [1.165, 1.54) is 6.07 Å². The molecule has 3 N–H and O–H groups in total. The van der Waals surface area contributed by atoms with Gasteiger partial charge in [0.05, 0.1) is 0 Å². The Morgan fingerprint density at radius 3 is 2.23 bits per heavy atom. The molecule has 0 saturated heterocycles. The Kier molecular flexibility index (Phi) is 2.82. The highest BCUT2D eigenvalue weighted by Gasteiger charge is 2.26. The number of halogens is 1. The van der Waals surface area contributed by atoms with Crippen molar-refractivity contribution in [1.82, 2.24) is 0 Å². The number of benzene rings is 3. The van der Waals surface area contributed by atoms with Crippen LogP contribution in [0.5, 0.6) is 0 Å². The Bertz CT molecular complexity index is 1070. The molecule has 0 saturated carbocycles. The summed E-state index contributed by atoms with van der Waals surface area (Å²) in [5, 5.41) is 1.41. The first-order valence-electron chi connectivity index (χ1n) is 6.51. The maximum absolute atomic E-state index is 11.7. The first-order chi connectivity index (χ1) is 10.4. The largest absolute Gasteiger partial charge is 0.399 e. The summed E-state index contributed by atoms with van der Waals surface area (Å²) in [6, 6.07) is 12.7. The first-order valence-corrected chi connectivity index (χ1v) is 9.03. The van der Waals surface area contributed by atoms with Gasteiger partial charge in [0.1, 0.15) is 4.90 Å². The molecule has 0 bridgehead atoms. The summed E-state index contributed by atoms with van der Waals surface area (Å²) in [6.45, 7) is 0. The Labute approximate surface area is 140 Å². The minimum atomic E-state index is -4.28. The van der Waals surface area contributed by atoms with Crippen molar-refractivity contribution in [3.8, 4) is 22.3 Å². The number of nitrogen functional groups attached to an aromatic ring is 1. The molecule has 0 unspecified atom stereocenters. The first kappa shape index (κ1) is 14.0. The predicted molar refractivity (Wildman–Crippen MR) is 95.3 cm³/mol. The van der Waals surface area contributed by atoms with Crippen molar-refractivity contribution < 1.29 is 13.0 Å². The highest BCUT2D eigenvalue weighted by molar-refractivity contribution is 14.1. The number of rotatable bonds is 1. The molecule has 0 aliphatic heterocycles. The van der Waals surface area contributed by atoms with Crippen molar-refractivity contribution in [1.29, 1.82) is 0 Å². The van der Waals surface area contributed by atoms with E-state index in [0.29, 0.717) is 11.1 Å². The van der Waals surface area contributed by atoms with E-state index in [-0.39, 0.29) is 4.90 Å². The van der Waals surface area contributed by atoms with Crippen LogP contribution in [-0.4, -0.2) is 13.0 Å². The summed E-state index contributed by atoms with van der Waals surface area (Å²) >= 11 is 2.09. The Balaban J connectivity index is 2.25. The SMILES string of the molecule is Nc1ccc2c(c1)-c1ccc(S(=O)(=O)O)c3c(I)ccc-2c13. The van der Waals surface area contributed by atoms with Gasteiger partial charge in [-0.3, -0.25) is 4.55 Å². The number of nitrogens with two attached hydrogens (primary N) is 1. The van der Waals surface area contributed by atoms with E-state index in [2.05, 4.69) is 22.6 Å². The van der Waals surface area contributed by atoms with Crippen molar-refractivity contribution in [2.45, 2.75) is 4.90 Å². The van der Waals surface area contributed by atoms with Gasteiger partial charge in [0.15, 0.2) is 0 Å². The van der Waals surface area contributed by atoms with E-state index in [9.17, 15) is 13.0 Å². The summed E-state index contributed by atoms with van der Waals surface area (Å²) in [4.78, 5) is -0.0571. The molecule has 0 amide bonds. The molecule has 4 nitrogen and oxygen atoms in total. The summed E-state index contributed by atoms with van der Waals surface area (Å²) in [5.41, 5.74) is 10.5. The molecule has 3 aromatic rings. The average Bonchev–Trinajstić information content (AvgIpc) is 2.76.